The van der Waals surface area contributed by atoms with E-state index in [0.717, 1.165) is 0 Å². The van der Waals surface area contributed by atoms with Crippen molar-refractivity contribution in [3.63, 3.8) is 0 Å². The predicted molar refractivity (Wildman–Crippen MR) is 80.2 cm³/mol. The van der Waals surface area contributed by atoms with E-state index in [1.165, 1.54) is 0 Å². The Balaban J connectivity index is 1.93. The Morgan fingerprint density at radius 1 is 1.20 bits per heavy atom. The molecule has 0 spiro atoms. The minimum Gasteiger partial charge on any atom is -0.322 e. The quantitative estimate of drug-likeness (QED) is 0.911. The van der Waals surface area contributed by atoms with Crippen LogP contribution in [0.5, 0.6) is 0 Å². The molecule has 5 nitrogen and oxygen atoms in total. The molecule has 1 N–H and O–H groups in total. The van der Waals surface area contributed by atoms with E-state index < -0.39 is 9.84 Å². The Labute approximate surface area is 127 Å². The fraction of sp³-hybridized carbons (Fsp3) is 0.417. The Morgan fingerprint density at radius 2 is 1.75 bits per heavy atom. The maximum atomic E-state index is 11.9. The van der Waals surface area contributed by atoms with Crippen molar-refractivity contribution in [3.8, 4) is 0 Å². The van der Waals surface area contributed by atoms with Crippen molar-refractivity contribution < 1.29 is 13.2 Å². The second-order valence-corrected chi connectivity index (χ2v) is 7.69. The van der Waals surface area contributed by atoms with Gasteiger partial charge in [0.25, 0.3) is 0 Å². The van der Waals surface area contributed by atoms with E-state index in [4.69, 9.17) is 23.2 Å². The van der Waals surface area contributed by atoms with Crippen LogP contribution in [0.2, 0.25) is 10.0 Å². The molecular weight excluding hydrogens is 323 g/mol. The zero-order chi connectivity index (χ0) is 14.8. The van der Waals surface area contributed by atoms with Gasteiger partial charge in [0.15, 0.2) is 9.84 Å². The third-order valence-electron chi connectivity index (χ3n) is 3.03. The summed E-state index contributed by atoms with van der Waals surface area (Å²) >= 11 is 11.9. The van der Waals surface area contributed by atoms with Gasteiger partial charge in [-0.3, -0.25) is 9.69 Å². The third kappa shape index (κ3) is 4.09. The lowest BCUT2D eigenvalue weighted by Gasteiger charge is -2.25. The lowest BCUT2D eigenvalue weighted by Crippen LogP contribution is -2.43. The first-order chi connectivity index (χ1) is 9.37. The second-order valence-electron chi connectivity index (χ2n) is 4.57. The molecule has 0 saturated carbocycles. The molecule has 1 heterocycles. The Hall–Kier alpha value is -0.820. The maximum Gasteiger partial charge on any atom is 0.238 e. The second kappa shape index (κ2) is 6.30. The highest BCUT2D eigenvalue weighted by Crippen LogP contribution is 2.29. The first kappa shape index (κ1) is 15.6. The first-order valence-electron chi connectivity index (χ1n) is 6.04. The van der Waals surface area contributed by atoms with E-state index in [1.54, 1.807) is 23.1 Å². The van der Waals surface area contributed by atoms with E-state index in [2.05, 4.69) is 5.32 Å². The summed E-state index contributed by atoms with van der Waals surface area (Å²) in [6.45, 7) is 0.856. The molecule has 1 aromatic carbocycles. The molecule has 1 amide bonds. The van der Waals surface area contributed by atoms with Gasteiger partial charge in [-0.25, -0.2) is 8.42 Å². The van der Waals surface area contributed by atoms with Crippen LogP contribution in [0, 0.1) is 0 Å². The van der Waals surface area contributed by atoms with Crippen molar-refractivity contribution in [2.24, 2.45) is 0 Å². The average molecular weight is 337 g/mol. The van der Waals surface area contributed by atoms with Gasteiger partial charge in [0.1, 0.15) is 0 Å². The van der Waals surface area contributed by atoms with Crippen LogP contribution in [0.4, 0.5) is 5.69 Å². The highest BCUT2D eigenvalue weighted by Gasteiger charge is 2.23. The zero-order valence-corrected chi connectivity index (χ0v) is 12.9. The summed E-state index contributed by atoms with van der Waals surface area (Å²) in [5.74, 6) is -0.0837. The minimum atomic E-state index is -2.94. The number of anilines is 1. The van der Waals surface area contributed by atoms with Gasteiger partial charge in [0, 0.05) is 13.1 Å². The first-order valence-corrected chi connectivity index (χ1v) is 8.62. The minimum absolute atomic E-state index is 0.0904. The van der Waals surface area contributed by atoms with Gasteiger partial charge in [-0.15, -0.1) is 0 Å². The topological polar surface area (TPSA) is 66.5 Å². The monoisotopic (exact) mass is 336 g/mol. The van der Waals surface area contributed by atoms with Crippen LogP contribution >= 0.6 is 23.2 Å². The molecule has 1 aliphatic heterocycles. The van der Waals surface area contributed by atoms with Crippen molar-refractivity contribution in [1.29, 1.82) is 0 Å². The number of halogens is 2. The summed E-state index contributed by atoms with van der Waals surface area (Å²) in [7, 11) is -2.94. The van der Waals surface area contributed by atoms with E-state index in [1.807, 2.05) is 0 Å². The smallest absolute Gasteiger partial charge is 0.238 e. The molecule has 1 fully saturated rings. The molecule has 2 rings (SSSR count). The molecule has 110 valence electrons. The molecule has 8 heteroatoms. The molecule has 0 bridgehead atoms. The number of benzene rings is 1. The SMILES string of the molecule is O=C(CN1CCS(=O)(=O)CC1)Nc1c(Cl)cccc1Cl. The van der Waals surface area contributed by atoms with Crippen LogP contribution in [0.25, 0.3) is 0 Å². The molecule has 20 heavy (non-hydrogen) atoms. The van der Waals surface area contributed by atoms with E-state index in [9.17, 15) is 13.2 Å². The molecule has 0 aromatic heterocycles. The number of carbonyl (C=O) groups is 1. The Kier molecular flexibility index (Phi) is 4.90. The summed E-state index contributed by atoms with van der Waals surface area (Å²) < 4.78 is 22.6. The molecular formula is C12H14Cl2N2O3S. The summed E-state index contributed by atoms with van der Waals surface area (Å²) in [6.07, 6.45) is 0. The number of rotatable bonds is 3. The largest absolute Gasteiger partial charge is 0.322 e. The summed E-state index contributed by atoms with van der Waals surface area (Å²) in [4.78, 5) is 13.7. The van der Waals surface area contributed by atoms with Crippen molar-refractivity contribution in [2.75, 3.05) is 36.5 Å². The van der Waals surface area contributed by atoms with Gasteiger partial charge in [-0.1, -0.05) is 29.3 Å². The van der Waals surface area contributed by atoms with Crippen LogP contribution < -0.4 is 5.32 Å². The molecule has 0 atom stereocenters. The Morgan fingerprint density at radius 3 is 2.30 bits per heavy atom. The Bertz CT molecular complexity index is 585. The van der Waals surface area contributed by atoms with E-state index >= 15 is 0 Å². The molecule has 1 saturated heterocycles. The zero-order valence-electron chi connectivity index (χ0n) is 10.6. The number of sulfone groups is 1. The standard InChI is InChI=1S/C12H14Cl2N2O3S/c13-9-2-1-3-10(14)12(9)15-11(17)8-16-4-6-20(18,19)7-5-16/h1-3H,4-8H2,(H,15,17). The number of nitrogens with one attached hydrogen (secondary N) is 1. The fourth-order valence-corrected chi connectivity index (χ4v) is 3.68. The molecule has 1 aromatic rings. The van der Waals surface area contributed by atoms with Gasteiger partial charge < -0.3 is 5.32 Å². The number of hydrogen-bond donors (Lipinski definition) is 1. The van der Waals surface area contributed by atoms with Crippen LogP contribution in [0.1, 0.15) is 0 Å². The van der Waals surface area contributed by atoms with Crippen LogP contribution in [-0.2, 0) is 14.6 Å². The molecule has 0 unspecified atom stereocenters. The van der Waals surface area contributed by atoms with Crippen LogP contribution in [0.3, 0.4) is 0 Å². The van der Waals surface area contributed by atoms with Gasteiger partial charge in [-0.05, 0) is 12.1 Å². The molecule has 0 radical (unpaired) electrons. The lowest BCUT2D eigenvalue weighted by atomic mass is 10.3. The van der Waals surface area contributed by atoms with Gasteiger partial charge >= 0.3 is 0 Å². The fourth-order valence-electron chi connectivity index (χ4n) is 1.91. The van der Waals surface area contributed by atoms with Gasteiger partial charge in [0.2, 0.25) is 5.91 Å². The maximum absolute atomic E-state index is 11.9. The van der Waals surface area contributed by atoms with Crippen molar-refractivity contribution >= 4 is 44.6 Å². The molecule has 0 aliphatic carbocycles. The van der Waals surface area contributed by atoms with Gasteiger partial charge in [-0.2, -0.15) is 0 Å². The van der Waals surface area contributed by atoms with Crippen LogP contribution in [0.15, 0.2) is 18.2 Å². The number of para-hydroxylation sites is 1. The van der Waals surface area contributed by atoms with E-state index in [-0.39, 0.29) is 24.0 Å². The predicted octanol–water partition coefficient (Wildman–Crippen LogP) is 1.66. The highest BCUT2D eigenvalue weighted by molar-refractivity contribution is 7.91. The third-order valence-corrected chi connectivity index (χ3v) is 5.27. The summed E-state index contributed by atoms with van der Waals surface area (Å²) in [5.41, 5.74) is 0.380. The molecule has 1 aliphatic rings. The highest BCUT2D eigenvalue weighted by atomic mass is 35.5. The van der Waals surface area contributed by atoms with E-state index in [0.29, 0.717) is 28.8 Å². The normalized spacial score (nSPS) is 18.7. The van der Waals surface area contributed by atoms with Crippen molar-refractivity contribution in [1.82, 2.24) is 4.90 Å². The van der Waals surface area contributed by atoms with Crippen molar-refractivity contribution in [3.05, 3.63) is 28.2 Å². The van der Waals surface area contributed by atoms with Crippen molar-refractivity contribution in [2.45, 2.75) is 0 Å². The summed E-state index contributed by atoms with van der Waals surface area (Å²) in [6, 6.07) is 4.96. The summed E-state index contributed by atoms with van der Waals surface area (Å²) in [5, 5.41) is 3.39. The lowest BCUT2D eigenvalue weighted by molar-refractivity contribution is -0.117. The number of amides is 1. The number of carbonyl (C=O) groups excluding carboxylic acids is 1. The number of hydrogen-bond acceptors (Lipinski definition) is 4. The number of nitrogens with zero attached hydrogens (tertiary/aromatic N) is 1. The van der Waals surface area contributed by atoms with Crippen LogP contribution in [-0.4, -0.2) is 50.4 Å². The average Bonchev–Trinajstić information content (AvgIpc) is 2.37. The van der Waals surface area contributed by atoms with Gasteiger partial charge in [0.05, 0.1) is 33.8 Å².